The fourth-order valence-electron chi connectivity index (χ4n) is 3.83. The van der Waals surface area contributed by atoms with E-state index in [9.17, 15) is 4.79 Å². The summed E-state index contributed by atoms with van der Waals surface area (Å²) in [6.07, 6.45) is 5.18. The van der Waals surface area contributed by atoms with E-state index in [4.69, 9.17) is 14.2 Å². The number of ether oxygens (including phenoxy) is 1. The SMILES string of the molecule is Cc1cc(-c2cnc(C)nc2C2CCN(C(=O)[C@@H]3CCCO3)CC2)on1. The molecule has 0 radical (unpaired) electrons. The highest BCUT2D eigenvalue weighted by molar-refractivity contribution is 5.81. The molecule has 7 heteroatoms. The molecular weight excluding hydrogens is 332 g/mol. The van der Waals surface area contributed by atoms with Crippen molar-refractivity contribution in [2.75, 3.05) is 19.7 Å². The zero-order valence-corrected chi connectivity index (χ0v) is 15.3. The first-order chi connectivity index (χ1) is 12.6. The number of rotatable bonds is 3. The van der Waals surface area contributed by atoms with Crippen molar-refractivity contribution in [2.24, 2.45) is 0 Å². The molecule has 0 unspecified atom stereocenters. The van der Waals surface area contributed by atoms with E-state index < -0.39 is 0 Å². The van der Waals surface area contributed by atoms with E-state index in [1.165, 1.54) is 0 Å². The standard InChI is InChI=1S/C19H24N4O3/c1-12-10-17(26-22-12)15-11-20-13(2)21-18(15)14-5-7-23(8-6-14)19(24)16-4-3-9-25-16/h10-11,14,16H,3-9H2,1-2H3/t16-/m0/s1. The van der Waals surface area contributed by atoms with Crippen LogP contribution < -0.4 is 0 Å². The van der Waals surface area contributed by atoms with Crippen LogP contribution in [0.5, 0.6) is 0 Å². The number of hydrogen-bond acceptors (Lipinski definition) is 6. The Hall–Kier alpha value is -2.28. The minimum atomic E-state index is -0.236. The number of hydrogen-bond donors (Lipinski definition) is 0. The summed E-state index contributed by atoms with van der Waals surface area (Å²) in [7, 11) is 0. The van der Waals surface area contributed by atoms with Gasteiger partial charge in [0.2, 0.25) is 0 Å². The van der Waals surface area contributed by atoms with Crippen LogP contribution in [0.3, 0.4) is 0 Å². The second kappa shape index (κ2) is 7.15. The third kappa shape index (κ3) is 3.35. The lowest BCUT2D eigenvalue weighted by Gasteiger charge is -2.33. The van der Waals surface area contributed by atoms with Gasteiger partial charge in [-0.2, -0.15) is 0 Å². The lowest BCUT2D eigenvalue weighted by molar-refractivity contribution is -0.142. The summed E-state index contributed by atoms with van der Waals surface area (Å²) < 4.78 is 11.0. The average Bonchev–Trinajstić information content (AvgIpc) is 3.33. The van der Waals surface area contributed by atoms with Gasteiger partial charge in [-0.3, -0.25) is 4.79 Å². The van der Waals surface area contributed by atoms with Gasteiger partial charge in [0.05, 0.1) is 17.0 Å². The van der Waals surface area contributed by atoms with Crippen LogP contribution >= 0.6 is 0 Å². The molecule has 2 aromatic rings. The number of likely N-dealkylation sites (tertiary alicyclic amines) is 1. The maximum atomic E-state index is 12.5. The van der Waals surface area contributed by atoms with Crippen LogP contribution in [-0.4, -0.2) is 51.7 Å². The Labute approximate surface area is 152 Å². The van der Waals surface area contributed by atoms with Crippen LogP contribution in [0, 0.1) is 13.8 Å². The molecule has 4 rings (SSSR count). The summed E-state index contributed by atoms with van der Waals surface area (Å²) >= 11 is 0. The molecule has 1 atom stereocenters. The van der Waals surface area contributed by atoms with Crippen LogP contribution in [0.15, 0.2) is 16.8 Å². The smallest absolute Gasteiger partial charge is 0.251 e. The van der Waals surface area contributed by atoms with Crippen LogP contribution in [0.2, 0.25) is 0 Å². The van der Waals surface area contributed by atoms with E-state index in [0.717, 1.165) is 61.5 Å². The summed E-state index contributed by atoms with van der Waals surface area (Å²) in [6.45, 7) is 5.97. The highest BCUT2D eigenvalue weighted by atomic mass is 16.5. The Balaban J connectivity index is 1.50. The molecule has 2 aromatic heterocycles. The number of aryl methyl sites for hydroxylation is 2. The average molecular weight is 356 g/mol. The fraction of sp³-hybridized carbons (Fsp3) is 0.579. The number of nitrogens with zero attached hydrogens (tertiary/aromatic N) is 4. The van der Waals surface area contributed by atoms with E-state index in [1.807, 2.05) is 31.0 Å². The number of piperidine rings is 1. The zero-order valence-electron chi connectivity index (χ0n) is 15.3. The van der Waals surface area contributed by atoms with Gasteiger partial charge in [0, 0.05) is 37.9 Å². The molecule has 2 aliphatic heterocycles. The lowest BCUT2D eigenvalue weighted by Crippen LogP contribution is -2.43. The van der Waals surface area contributed by atoms with Crippen molar-refractivity contribution >= 4 is 5.91 Å². The largest absolute Gasteiger partial charge is 0.368 e. The van der Waals surface area contributed by atoms with Crippen LogP contribution in [-0.2, 0) is 9.53 Å². The maximum absolute atomic E-state index is 12.5. The van der Waals surface area contributed by atoms with Crippen molar-refractivity contribution in [3.8, 4) is 11.3 Å². The number of aromatic nitrogens is 3. The van der Waals surface area contributed by atoms with Gasteiger partial charge in [-0.05, 0) is 39.5 Å². The Kier molecular flexibility index (Phi) is 4.72. The monoisotopic (exact) mass is 356 g/mol. The quantitative estimate of drug-likeness (QED) is 0.841. The van der Waals surface area contributed by atoms with Crippen LogP contribution in [0.4, 0.5) is 0 Å². The maximum Gasteiger partial charge on any atom is 0.251 e. The Morgan fingerprint density at radius 3 is 2.69 bits per heavy atom. The summed E-state index contributed by atoms with van der Waals surface area (Å²) in [5.74, 6) is 1.88. The normalized spacial score (nSPS) is 21.3. The molecule has 0 saturated carbocycles. The van der Waals surface area contributed by atoms with Crippen molar-refractivity contribution in [3.05, 3.63) is 29.5 Å². The molecular formula is C19H24N4O3. The first-order valence-corrected chi connectivity index (χ1v) is 9.29. The lowest BCUT2D eigenvalue weighted by atomic mass is 9.90. The predicted molar refractivity (Wildman–Crippen MR) is 94.5 cm³/mol. The van der Waals surface area contributed by atoms with Crippen molar-refractivity contribution < 1.29 is 14.1 Å². The molecule has 2 aliphatic rings. The summed E-state index contributed by atoms with van der Waals surface area (Å²) in [4.78, 5) is 23.5. The topological polar surface area (TPSA) is 81.4 Å². The number of carbonyl (C=O) groups excluding carboxylic acids is 1. The highest BCUT2D eigenvalue weighted by Crippen LogP contribution is 2.34. The molecule has 0 aliphatic carbocycles. The molecule has 0 spiro atoms. The summed E-state index contributed by atoms with van der Waals surface area (Å²) in [6, 6.07) is 1.91. The second-order valence-electron chi connectivity index (χ2n) is 7.15. The van der Waals surface area contributed by atoms with Gasteiger partial charge in [-0.15, -0.1) is 0 Å². The molecule has 138 valence electrons. The molecule has 0 N–H and O–H groups in total. The highest BCUT2D eigenvalue weighted by Gasteiger charge is 2.32. The molecule has 0 bridgehead atoms. The molecule has 1 amide bonds. The van der Waals surface area contributed by atoms with E-state index in [1.54, 1.807) is 0 Å². The van der Waals surface area contributed by atoms with Crippen molar-refractivity contribution in [1.29, 1.82) is 0 Å². The Bertz CT molecular complexity index is 790. The van der Waals surface area contributed by atoms with E-state index in [-0.39, 0.29) is 17.9 Å². The Morgan fingerprint density at radius 1 is 1.23 bits per heavy atom. The van der Waals surface area contributed by atoms with Crippen molar-refractivity contribution in [1.82, 2.24) is 20.0 Å². The van der Waals surface area contributed by atoms with Gasteiger partial charge in [-0.25, -0.2) is 9.97 Å². The van der Waals surface area contributed by atoms with E-state index in [2.05, 4.69) is 10.1 Å². The molecule has 7 nitrogen and oxygen atoms in total. The van der Waals surface area contributed by atoms with E-state index in [0.29, 0.717) is 12.4 Å². The Morgan fingerprint density at radius 2 is 2.04 bits per heavy atom. The zero-order chi connectivity index (χ0) is 18.1. The minimum absolute atomic E-state index is 0.144. The molecule has 26 heavy (non-hydrogen) atoms. The summed E-state index contributed by atoms with van der Waals surface area (Å²) in [5, 5.41) is 3.98. The van der Waals surface area contributed by atoms with E-state index >= 15 is 0 Å². The molecule has 2 saturated heterocycles. The number of carbonyl (C=O) groups is 1. The molecule has 2 fully saturated rings. The van der Waals surface area contributed by atoms with Gasteiger partial charge >= 0.3 is 0 Å². The third-order valence-corrected chi connectivity index (χ3v) is 5.23. The number of amides is 1. The van der Waals surface area contributed by atoms with Crippen LogP contribution in [0.25, 0.3) is 11.3 Å². The van der Waals surface area contributed by atoms with Crippen molar-refractivity contribution in [3.63, 3.8) is 0 Å². The van der Waals surface area contributed by atoms with Gasteiger partial charge in [0.25, 0.3) is 5.91 Å². The predicted octanol–water partition coefficient (Wildman–Crippen LogP) is 2.63. The first kappa shape index (κ1) is 17.1. The fourth-order valence-corrected chi connectivity index (χ4v) is 3.83. The van der Waals surface area contributed by atoms with Gasteiger partial charge in [0.15, 0.2) is 5.76 Å². The second-order valence-corrected chi connectivity index (χ2v) is 7.15. The van der Waals surface area contributed by atoms with Gasteiger partial charge in [0.1, 0.15) is 11.9 Å². The molecule has 4 heterocycles. The minimum Gasteiger partial charge on any atom is -0.368 e. The van der Waals surface area contributed by atoms with Crippen LogP contribution in [0.1, 0.15) is 48.8 Å². The first-order valence-electron chi connectivity index (χ1n) is 9.29. The van der Waals surface area contributed by atoms with Gasteiger partial charge in [-0.1, -0.05) is 5.16 Å². The van der Waals surface area contributed by atoms with Crippen molar-refractivity contribution in [2.45, 2.75) is 51.6 Å². The molecule has 0 aromatic carbocycles. The summed E-state index contributed by atoms with van der Waals surface area (Å²) in [5.41, 5.74) is 2.74. The van der Waals surface area contributed by atoms with Gasteiger partial charge < -0.3 is 14.2 Å². The third-order valence-electron chi connectivity index (χ3n) is 5.23.